The molecule has 1 aromatic rings. The molecule has 1 rings (SSSR count). The van der Waals surface area contributed by atoms with Crippen molar-refractivity contribution in [3.63, 3.8) is 0 Å². The first-order chi connectivity index (χ1) is 7.72. The van der Waals surface area contributed by atoms with Crippen LogP contribution in [0, 0.1) is 0 Å². The molecule has 0 bridgehead atoms. The minimum atomic E-state index is -4.32. The Morgan fingerprint density at radius 2 is 1.82 bits per heavy atom. The van der Waals surface area contributed by atoms with Gasteiger partial charge in [0.15, 0.2) is 0 Å². The third-order valence-electron chi connectivity index (χ3n) is 2.26. The number of aromatic nitrogens is 2. The highest BCUT2D eigenvalue weighted by Crippen LogP contribution is 2.12. The van der Waals surface area contributed by atoms with E-state index in [1.165, 1.54) is 14.1 Å². The molecule has 0 atom stereocenters. The molecule has 0 saturated carbocycles. The van der Waals surface area contributed by atoms with Crippen molar-refractivity contribution >= 4 is 0 Å². The number of hydrogen-bond donors (Lipinski definition) is 1. The number of halogens is 3. The van der Waals surface area contributed by atoms with Crippen LogP contribution < -0.4 is 16.6 Å². The van der Waals surface area contributed by atoms with Crippen molar-refractivity contribution < 1.29 is 13.2 Å². The molecule has 17 heavy (non-hydrogen) atoms. The van der Waals surface area contributed by atoms with Crippen molar-refractivity contribution in [1.82, 2.24) is 14.5 Å². The Kier molecular flexibility index (Phi) is 3.76. The van der Waals surface area contributed by atoms with Gasteiger partial charge in [0.2, 0.25) is 0 Å². The second-order valence-corrected chi connectivity index (χ2v) is 3.59. The van der Waals surface area contributed by atoms with Crippen molar-refractivity contribution in [2.45, 2.75) is 12.7 Å². The highest BCUT2D eigenvalue weighted by Gasteiger charge is 2.26. The van der Waals surface area contributed by atoms with Crippen LogP contribution in [0.2, 0.25) is 0 Å². The standard InChI is InChI=1S/C9H12F3N3O2/c1-14-6(4-13-5-9(10,11)12)3-7(16)15(2)8(14)17/h3,13H,4-5H2,1-2H3. The van der Waals surface area contributed by atoms with Crippen molar-refractivity contribution in [2.24, 2.45) is 14.1 Å². The molecule has 0 aromatic carbocycles. The van der Waals surface area contributed by atoms with Gasteiger partial charge in [-0.1, -0.05) is 0 Å². The van der Waals surface area contributed by atoms with Crippen LogP contribution in [-0.2, 0) is 20.6 Å². The van der Waals surface area contributed by atoms with E-state index in [4.69, 9.17) is 0 Å². The van der Waals surface area contributed by atoms with Crippen LogP contribution in [0.1, 0.15) is 5.69 Å². The predicted molar refractivity (Wildman–Crippen MR) is 54.7 cm³/mol. The number of nitrogens with one attached hydrogen (secondary N) is 1. The molecule has 0 aliphatic rings. The zero-order chi connectivity index (χ0) is 13.2. The maximum atomic E-state index is 11.9. The van der Waals surface area contributed by atoms with Gasteiger partial charge in [-0.2, -0.15) is 13.2 Å². The van der Waals surface area contributed by atoms with Gasteiger partial charge in [0.05, 0.1) is 6.54 Å². The van der Waals surface area contributed by atoms with E-state index in [-0.39, 0.29) is 12.2 Å². The topological polar surface area (TPSA) is 56.0 Å². The largest absolute Gasteiger partial charge is 0.401 e. The van der Waals surface area contributed by atoms with Crippen LogP contribution >= 0.6 is 0 Å². The Bertz CT molecular complexity index is 516. The monoisotopic (exact) mass is 251 g/mol. The minimum absolute atomic E-state index is 0.193. The molecule has 96 valence electrons. The molecular weight excluding hydrogens is 239 g/mol. The molecule has 5 nitrogen and oxygen atoms in total. The van der Waals surface area contributed by atoms with E-state index in [0.717, 1.165) is 15.2 Å². The first kappa shape index (κ1) is 13.5. The van der Waals surface area contributed by atoms with Crippen LogP contribution in [0.3, 0.4) is 0 Å². The summed E-state index contributed by atoms with van der Waals surface area (Å²) in [6.07, 6.45) is -4.32. The Morgan fingerprint density at radius 1 is 1.24 bits per heavy atom. The van der Waals surface area contributed by atoms with E-state index in [9.17, 15) is 22.8 Å². The van der Waals surface area contributed by atoms with E-state index in [2.05, 4.69) is 5.32 Å². The second-order valence-electron chi connectivity index (χ2n) is 3.59. The molecule has 1 aromatic heterocycles. The molecule has 0 aliphatic carbocycles. The molecule has 0 aliphatic heterocycles. The molecule has 0 radical (unpaired) electrons. The fourth-order valence-electron chi connectivity index (χ4n) is 1.28. The Morgan fingerprint density at radius 3 is 2.35 bits per heavy atom. The molecule has 1 N–H and O–H groups in total. The summed E-state index contributed by atoms with van der Waals surface area (Å²) in [6, 6.07) is 1.13. The summed E-state index contributed by atoms with van der Waals surface area (Å²) in [6.45, 7) is -1.36. The second kappa shape index (κ2) is 4.74. The zero-order valence-electron chi connectivity index (χ0n) is 9.34. The minimum Gasteiger partial charge on any atom is -0.303 e. The SMILES string of the molecule is Cn1c(CNCC(F)(F)F)cc(=O)n(C)c1=O. The summed E-state index contributed by atoms with van der Waals surface area (Å²) in [5.74, 6) is 0. The van der Waals surface area contributed by atoms with Crippen molar-refractivity contribution in [3.05, 3.63) is 32.6 Å². The number of nitrogens with zero attached hydrogens (tertiary/aromatic N) is 2. The van der Waals surface area contributed by atoms with Gasteiger partial charge in [-0.25, -0.2) is 4.79 Å². The summed E-state index contributed by atoms with van der Waals surface area (Å²) in [7, 11) is 2.70. The van der Waals surface area contributed by atoms with Gasteiger partial charge < -0.3 is 5.32 Å². The molecule has 0 fully saturated rings. The highest BCUT2D eigenvalue weighted by molar-refractivity contribution is 5.01. The van der Waals surface area contributed by atoms with Gasteiger partial charge >= 0.3 is 11.9 Å². The molecule has 8 heteroatoms. The lowest BCUT2D eigenvalue weighted by Gasteiger charge is -2.11. The lowest BCUT2D eigenvalue weighted by molar-refractivity contribution is -0.125. The third kappa shape index (κ3) is 3.45. The van der Waals surface area contributed by atoms with Crippen molar-refractivity contribution in [2.75, 3.05) is 6.54 Å². The maximum absolute atomic E-state index is 11.9. The van der Waals surface area contributed by atoms with Gasteiger partial charge in [0.1, 0.15) is 0 Å². The van der Waals surface area contributed by atoms with Crippen LogP contribution in [-0.4, -0.2) is 21.9 Å². The fourth-order valence-corrected chi connectivity index (χ4v) is 1.28. The first-order valence-electron chi connectivity index (χ1n) is 4.76. The van der Waals surface area contributed by atoms with Crippen molar-refractivity contribution in [1.29, 1.82) is 0 Å². The number of alkyl halides is 3. The molecule has 1 heterocycles. The lowest BCUT2D eigenvalue weighted by Crippen LogP contribution is -2.39. The summed E-state index contributed by atoms with van der Waals surface area (Å²) >= 11 is 0. The van der Waals surface area contributed by atoms with Crippen molar-refractivity contribution in [3.8, 4) is 0 Å². The number of rotatable bonds is 3. The Hall–Kier alpha value is -1.57. The fraction of sp³-hybridized carbons (Fsp3) is 0.556. The third-order valence-corrected chi connectivity index (χ3v) is 2.26. The molecular formula is C9H12F3N3O2. The molecule has 0 amide bonds. The molecule has 0 spiro atoms. The van der Waals surface area contributed by atoms with Crippen LogP contribution in [0.25, 0.3) is 0 Å². The first-order valence-corrected chi connectivity index (χ1v) is 4.76. The van der Waals surface area contributed by atoms with Crippen LogP contribution in [0.15, 0.2) is 15.7 Å². The Labute approximate surface area is 94.5 Å². The summed E-state index contributed by atoms with van der Waals surface area (Å²) in [5.41, 5.74) is -0.902. The molecule has 0 saturated heterocycles. The predicted octanol–water partition coefficient (Wildman–Crippen LogP) is -0.264. The molecule has 0 unspecified atom stereocenters. The van der Waals surface area contributed by atoms with E-state index in [1.807, 2.05) is 0 Å². The zero-order valence-corrected chi connectivity index (χ0v) is 9.34. The van der Waals surface area contributed by atoms with Gasteiger partial charge in [-0.05, 0) is 0 Å². The highest BCUT2D eigenvalue weighted by atomic mass is 19.4. The normalized spacial score (nSPS) is 11.8. The Balaban J connectivity index is 2.87. The quantitative estimate of drug-likeness (QED) is 0.805. The van der Waals surface area contributed by atoms with Gasteiger partial charge in [0, 0.05) is 32.4 Å². The summed E-state index contributed by atoms with van der Waals surface area (Å²) < 4.78 is 37.7. The number of hydrogen-bond acceptors (Lipinski definition) is 3. The van der Waals surface area contributed by atoms with E-state index < -0.39 is 24.0 Å². The van der Waals surface area contributed by atoms with Crippen LogP contribution in [0.4, 0.5) is 13.2 Å². The van der Waals surface area contributed by atoms with E-state index >= 15 is 0 Å². The van der Waals surface area contributed by atoms with Crippen LogP contribution in [0.5, 0.6) is 0 Å². The van der Waals surface area contributed by atoms with E-state index in [1.54, 1.807) is 0 Å². The van der Waals surface area contributed by atoms with Gasteiger partial charge in [-0.3, -0.25) is 13.9 Å². The van der Waals surface area contributed by atoms with Gasteiger partial charge in [-0.15, -0.1) is 0 Å². The maximum Gasteiger partial charge on any atom is 0.401 e. The summed E-state index contributed by atoms with van der Waals surface area (Å²) in [4.78, 5) is 22.7. The smallest absolute Gasteiger partial charge is 0.303 e. The average molecular weight is 251 g/mol. The van der Waals surface area contributed by atoms with E-state index in [0.29, 0.717) is 0 Å². The lowest BCUT2D eigenvalue weighted by atomic mass is 10.3. The summed E-state index contributed by atoms with van der Waals surface area (Å²) in [5, 5.41) is 2.12. The van der Waals surface area contributed by atoms with Gasteiger partial charge in [0.25, 0.3) is 5.56 Å². The average Bonchev–Trinajstić information content (AvgIpc) is 2.21.